The fraction of sp³-hybridized carbons (Fsp3) is 0.412. The Bertz CT molecular complexity index is 741. The smallest absolute Gasteiger partial charge is 0.137 e. The molecule has 1 aliphatic carbocycles. The van der Waals surface area contributed by atoms with E-state index in [0.717, 1.165) is 17.1 Å². The summed E-state index contributed by atoms with van der Waals surface area (Å²) in [7, 11) is 0. The van der Waals surface area contributed by atoms with Crippen molar-refractivity contribution in [1.82, 2.24) is 20.2 Å². The summed E-state index contributed by atoms with van der Waals surface area (Å²) < 4.78 is 0. The van der Waals surface area contributed by atoms with Crippen molar-refractivity contribution in [3.8, 4) is 11.1 Å². The molecule has 2 unspecified atom stereocenters. The highest BCUT2D eigenvalue weighted by Crippen LogP contribution is 2.37. The third-order valence-electron chi connectivity index (χ3n) is 4.77. The van der Waals surface area contributed by atoms with Gasteiger partial charge in [0.2, 0.25) is 0 Å². The zero-order chi connectivity index (χ0) is 14.2. The van der Waals surface area contributed by atoms with Gasteiger partial charge >= 0.3 is 0 Å². The lowest BCUT2D eigenvalue weighted by Crippen LogP contribution is -2.11. The Morgan fingerprint density at radius 3 is 2.95 bits per heavy atom. The number of nitrogens with zero attached hydrogens (tertiary/aromatic N) is 2. The molecule has 1 fully saturated rings. The van der Waals surface area contributed by atoms with Crippen LogP contribution in [0, 0.1) is 5.92 Å². The SMILES string of the molecule is CC1CCCC(c2cnc3[nH]cc(-c4cn[nH]c4)c3c2)C1. The van der Waals surface area contributed by atoms with E-state index in [0.29, 0.717) is 5.92 Å². The Kier molecular flexibility index (Phi) is 3.02. The molecule has 0 aromatic carbocycles. The first-order chi connectivity index (χ1) is 10.3. The first-order valence-electron chi connectivity index (χ1n) is 7.77. The molecule has 0 bridgehead atoms. The molecule has 1 saturated carbocycles. The van der Waals surface area contributed by atoms with Gasteiger partial charge in [-0.15, -0.1) is 0 Å². The van der Waals surface area contributed by atoms with Crippen LogP contribution in [-0.2, 0) is 0 Å². The van der Waals surface area contributed by atoms with E-state index in [9.17, 15) is 0 Å². The number of fused-ring (bicyclic) bond motifs is 1. The summed E-state index contributed by atoms with van der Waals surface area (Å²) in [5, 5.41) is 8.13. The quantitative estimate of drug-likeness (QED) is 0.737. The highest BCUT2D eigenvalue weighted by Gasteiger charge is 2.21. The van der Waals surface area contributed by atoms with E-state index in [1.165, 1.54) is 42.2 Å². The van der Waals surface area contributed by atoms with Crippen molar-refractivity contribution < 1.29 is 0 Å². The topological polar surface area (TPSA) is 57.4 Å². The zero-order valence-electron chi connectivity index (χ0n) is 12.3. The zero-order valence-corrected chi connectivity index (χ0v) is 12.3. The molecule has 3 aromatic heterocycles. The Morgan fingerprint density at radius 2 is 2.14 bits per heavy atom. The predicted octanol–water partition coefficient (Wildman–Crippen LogP) is 4.25. The second-order valence-electron chi connectivity index (χ2n) is 6.32. The molecule has 4 heteroatoms. The third kappa shape index (κ3) is 2.24. The van der Waals surface area contributed by atoms with Crippen LogP contribution in [0.4, 0.5) is 0 Å². The molecule has 0 radical (unpaired) electrons. The van der Waals surface area contributed by atoms with Gasteiger partial charge in [-0.3, -0.25) is 5.10 Å². The van der Waals surface area contributed by atoms with Crippen LogP contribution < -0.4 is 0 Å². The van der Waals surface area contributed by atoms with Crippen molar-refractivity contribution in [2.24, 2.45) is 5.92 Å². The minimum atomic E-state index is 0.665. The van der Waals surface area contributed by atoms with Crippen molar-refractivity contribution in [3.05, 3.63) is 36.4 Å². The van der Waals surface area contributed by atoms with Gasteiger partial charge in [-0.2, -0.15) is 5.10 Å². The fourth-order valence-corrected chi connectivity index (χ4v) is 3.62. The van der Waals surface area contributed by atoms with Crippen molar-refractivity contribution in [1.29, 1.82) is 0 Å². The predicted molar refractivity (Wildman–Crippen MR) is 84.0 cm³/mol. The van der Waals surface area contributed by atoms with E-state index in [2.05, 4.69) is 39.4 Å². The average Bonchev–Trinajstić information content (AvgIpc) is 3.15. The Morgan fingerprint density at radius 1 is 1.19 bits per heavy atom. The first kappa shape index (κ1) is 12.6. The summed E-state index contributed by atoms with van der Waals surface area (Å²) >= 11 is 0. The van der Waals surface area contributed by atoms with Gasteiger partial charge in [0.25, 0.3) is 0 Å². The van der Waals surface area contributed by atoms with Crippen LogP contribution in [0.1, 0.15) is 44.1 Å². The molecule has 0 spiro atoms. The maximum Gasteiger partial charge on any atom is 0.137 e. The van der Waals surface area contributed by atoms with Crippen molar-refractivity contribution >= 4 is 11.0 Å². The lowest BCUT2D eigenvalue weighted by Gasteiger charge is -2.26. The van der Waals surface area contributed by atoms with Gasteiger partial charge in [-0.1, -0.05) is 19.8 Å². The van der Waals surface area contributed by atoms with Crippen molar-refractivity contribution in [2.75, 3.05) is 0 Å². The molecule has 4 nitrogen and oxygen atoms in total. The van der Waals surface area contributed by atoms with E-state index < -0.39 is 0 Å². The van der Waals surface area contributed by atoms with Crippen LogP contribution in [-0.4, -0.2) is 20.2 Å². The van der Waals surface area contributed by atoms with Gasteiger partial charge in [-0.05, 0) is 36.3 Å². The molecule has 3 heterocycles. The maximum absolute atomic E-state index is 4.63. The van der Waals surface area contributed by atoms with E-state index in [1.54, 1.807) is 0 Å². The number of H-pyrrole nitrogens is 2. The van der Waals surface area contributed by atoms with Gasteiger partial charge < -0.3 is 4.98 Å². The molecule has 108 valence electrons. The van der Waals surface area contributed by atoms with Gasteiger partial charge in [0.05, 0.1) is 6.20 Å². The summed E-state index contributed by atoms with van der Waals surface area (Å²) in [6, 6.07) is 2.32. The summed E-state index contributed by atoms with van der Waals surface area (Å²) in [5.74, 6) is 1.50. The normalized spacial score (nSPS) is 22.7. The van der Waals surface area contributed by atoms with Gasteiger partial charge in [0, 0.05) is 35.1 Å². The monoisotopic (exact) mass is 280 g/mol. The minimum Gasteiger partial charge on any atom is -0.346 e. The Hall–Kier alpha value is -2.10. The molecule has 0 saturated heterocycles. The van der Waals surface area contributed by atoms with Crippen molar-refractivity contribution in [2.45, 2.75) is 38.5 Å². The van der Waals surface area contributed by atoms with E-state index in [1.807, 2.05) is 18.6 Å². The summed E-state index contributed by atoms with van der Waals surface area (Å²) in [6.07, 6.45) is 13.2. The van der Waals surface area contributed by atoms with Crippen LogP contribution in [0.2, 0.25) is 0 Å². The lowest BCUT2D eigenvalue weighted by molar-refractivity contribution is 0.344. The second kappa shape index (κ2) is 5.02. The first-order valence-corrected chi connectivity index (χ1v) is 7.77. The fourth-order valence-electron chi connectivity index (χ4n) is 3.62. The number of aromatic nitrogens is 4. The van der Waals surface area contributed by atoms with Gasteiger partial charge in [-0.25, -0.2) is 4.98 Å². The lowest BCUT2D eigenvalue weighted by atomic mass is 9.79. The van der Waals surface area contributed by atoms with E-state index in [4.69, 9.17) is 0 Å². The van der Waals surface area contributed by atoms with Crippen LogP contribution >= 0.6 is 0 Å². The summed E-state index contributed by atoms with van der Waals surface area (Å²) in [6.45, 7) is 2.37. The van der Waals surface area contributed by atoms with Crippen LogP contribution in [0.15, 0.2) is 30.9 Å². The van der Waals surface area contributed by atoms with Gasteiger partial charge in [0.1, 0.15) is 5.65 Å². The van der Waals surface area contributed by atoms with Crippen LogP contribution in [0.5, 0.6) is 0 Å². The number of pyridine rings is 1. The van der Waals surface area contributed by atoms with Crippen LogP contribution in [0.3, 0.4) is 0 Å². The molecule has 2 N–H and O–H groups in total. The van der Waals surface area contributed by atoms with E-state index >= 15 is 0 Å². The molecule has 21 heavy (non-hydrogen) atoms. The number of hydrogen-bond donors (Lipinski definition) is 2. The standard InChI is InChI=1S/C17H20N4/c1-11-3-2-4-12(5-11)13-6-15-16(14-8-20-21-9-14)10-19-17(15)18-7-13/h6-12H,2-5H2,1H3,(H,18,19)(H,20,21). The number of aromatic amines is 2. The molecule has 3 aromatic rings. The molecule has 0 amide bonds. The Labute approximate surface area is 124 Å². The summed E-state index contributed by atoms with van der Waals surface area (Å²) in [5.41, 5.74) is 4.63. The molecular formula is C17H20N4. The van der Waals surface area contributed by atoms with E-state index in [-0.39, 0.29) is 0 Å². The highest BCUT2D eigenvalue weighted by atomic mass is 15.1. The molecule has 1 aliphatic rings. The second-order valence-corrected chi connectivity index (χ2v) is 6.32. The van der Waals surface area contributed by atoms with Crippen LogP contribution in [0.25, 0.3) is 22.2 Å². The molecular weight excluding hydrogens is 260 g/mol. The highest BCUT2D eigenvalue weighted by molar-refractivity contribution is 5.93. The number of nitrogens with one attached hydrogen (secondary N) is 2. The number of rotatable bonds is 2. The largest absolute Gasteiger partial charge is 0.346 e. The minimum absolute atomic E-state index is 0.665. The van der Waals surface area contributed by atoms with Gasteiger partial charge in [0.15, 0.2) is 0 Å². The average molecular weight is 280 g/mol. The van der Waals surface area contributed by atoms with Crippen molar-refractivity contribution in [3.63, 3.8) is 0 Å². The summed E-state index contributed by atoms with van der Waals surface area (Å²) in [4.78, 5) is 7.89. The number of hydrogen-bond acceptors (Lipinski definition) is 2. The third-order valence-corrected chi connectivity index (χ3v) is 4.77. The maximum atomic E-state index is 4.63. The Balaban J connectivity index is 1.76. The molecule has 0 aliphatic heterocycles. The molecule has 4 rings (SSSR count). The molecule has 2 atom stereocenters.